The van der Waals surface area contributed by atoms with Crippen molar-refractivity contribution in [3.05, 3.63) is 0 Å². The molecule has 0 aromatic rings. The predicted octanol–water partition coefficient (Wildman–Crippen LogP) is -4.00. The lowest BCUT2D eigenvalue weighted by molar-refractivity contribution is -0.143. The lowest BCUT2D eigenvalue weighted by atomic mass is 10.1. The van der Waals surface area contributed by atoms with Gasteiger partial charge in [-0.1, -0.05) is 0 Å². The van der Waals surface area contributed by atoms with Gasteiger partial charge in [0.25, 0.3) is 0 Å². The molecule has 0 rings (SSSR count). The molecule has 0 aliphatic carbocycles. The number of carboxylic acid groups (broad SMARTS) is 2. The fraction of sp³-hybridized carbons (Fsp3) is 0.625. The van der Waals surface area contributed by atoms with E-state index >= 15 is 0 Å². The molecule has 0 radical (unpaired) electrons. The van der Waals surface area contributed by atoms with E-state index in [1.54, 1.807) is 0 Å². The highest BCUT2D eigenvalue weighted by Gasteiger charge is 2.31. The maximum atomic E-state index is 12.5. The Kier molecular flexibility index (Phi) is 11.6. The van der Waals surface area contributed by atoms with E-state index in [0.717, 1.165) is 0 Å². The highest BCUT2D eigenvalue weighted by Crippen LogP contribution is 2.04. The van der Waals surface area contributed by atoms with Crippen LogP contribution in [-0.4, -0.2) is 81.7 Å². The molecule has 30 heavy (non-hydrogen) atoms. The summed E-state index contributed by atoms with van der Waals surface area (Å²) in [5.41, 5.74) is 10.1. The Morgan fingerprint density at radius 2 is 1.40 bits per heavy atom. The van der Waals surface area contributed by atoms with Gasteiger partial charge in [-0.05, 0) is 19.8 Å². The zero-order valence-corrected chi connectivity index (χ0v) is 16.3. The van der Waals surface area contributed by atoms with Gasteiger partial charge in [-0.15, -0.1) is 0 Å². The Balaban J connectivity index is 5.39. The van der Waals surface area contributed by atoms with E-state index in [1.807, 2.05) is 0 Å². The molecule has 0 spiro atoms. The largest absolute Gasteiger partial charge is 0.481 e. The second-order valence-electron chi connectivity index (χ2n) is 6.39. The molecule has 0 aromatic carbocycles. The van der Waals surface area contributed by atoms with Gasteiger partial charge in [-0.3, -0.25) is 24.0 Å². The molecule has 10 N–H and O–H groups in total. The van der Waals surface area contributed by atoms with Crippen LogP contribution < -0.4 is 27.4 Å². The van der Waals surface area contributed by atoms with Gasteiger partial charge < -0.3 is 42.7 Å². The van der Waals surface area contributed by atoms with Crippen LogP contribution in [-0.2, 0) is 28.8 Å². The lowest BCUT2D eigenvalue weighted by Crippen LogP contribution is -2.58. The molecule has 0 aliphatic rings. The molecule has 4 amide bonds. The summed E-state index contributed by atoms with van der Waals surface area (Å²) < 4.78 is 0. The standard InChI is InChI=1S/C16H27N5O9/c1-7(22)13(21-11(24)6-17)15(28)19-8(3-5-12(25)26)14(27)20-9(16(29)30)2-4-10(18)23/h7-9,13,22H,2-6,17H2,1H3,(H2,18,23)(H,19,28)(H,20,27)(H,21,24)(H,25,26)(H,29,30). The van der Waals surface area contributed by atoms with Crippen LogP contribution in [0.5, 0.6) is 0 Å². The molecule has 0 saturated carbocycles. The number of carbonyl (C=O) groups is 6. The molecule has 0 saturated heterocycles. The molecule has 0 aromatic heterocycles. The number of carbonyl (C=O) groups excluding carboxylic acids is 4. The second kappa shape index (κ2) is 13.1. The van der Waals surface area contributed by atoms with E-state index in [4.69, 9.17) is 21.7 Å². The zero-order chi connectivity index (χ0) is 23.4. The number of hydrogen-bond donors (Lipinski definition) is 8. The number of primary amides is 1. The quantitative estimate of drug-likeness (QED) is 0.132. The Hall–Kier alpha value is -3.26. The van der Waals surface area contributed by atoms with E-state index in [-0.39, 0.29) is 12.8 Å². The van der Waals surface area contributed by atoms with E-state index in [9.17, 15) is 33.9 Å². The van der Waals surface area contributed by atoms with Crippen molar-refractivity contribution < 1.29 is 44.1 Å². The molecule has 0 aliphatic heterocycles. The first-order valence-electron chi connectivity index (χ1n) is 8.90. The Bertz CT molecular complexity index is 667. The number of nitrogens with two attached hydrogens (primary N) is 2. The van der Waals surface area contributed by atoms with Gasteiger partial charge in [-0.2, -0.15) is 0 Å². The number of hydrogen-bond acceptors (Lipinski definition) is 8. The van der Waals surface area contributed by atoms with Crippen molar-refractivity contribution in [1.29, 1.82) is 0 Å². The molecule has 170 valence electrons. The molecule has 4 atom stereocenters. The van der Waals surface area contributed by atoms with Crippen LogP contribution in [0.4, 0.5) is 0 Å². The van der Waals surface area contributed by atoms with Crippen LogP contribution in [0.25, 0.3) is 0 Å². The van der Waals surface area contributed by atoms with Crippen LogP contribution in [0.3, 0.4) is 0 Å². The fourth-order valence-electron chi connectivity index (χ4n) is 2.25. The third-order valence-corrected chi connectivity index (χ3v) is 3.84. The second-order valence-corrected chi connectivity index (χ2v) is 6.39. The molecule has 14 nitrogen and oxygen atoms in total. The van der Waals surface area contributed by atoms with Crippen LogP contribution in [0.1, 0.15) is 32.6 Å². The first-order chi connectivity index (χ1) is 13.9. The lowest BCUT2D eigenvalue weighted by Gasteiger charge is -2.25. The fourth-order valence-corrected chi connectivity index (χ4v) is 2.25. The number of nitrogens with one attached hydrogen (secondary N) is 3. The van der Waals surface area contributed by atoms with Gasteiger partial charge >= 0.3 is 11.9 Å². The molecular formula is C16H27N5O9. The SMILES string of the molecule is CC(O)C(NC(=O)CN)C(=O)NC(CCC(=O)O)C(=O)NC(CCC(N)=O)C(=O)O. The average molecular weight is 433 g/mol. The summed E-state index contributed by atoms with van der Waals surface area (Å²) in [5, 5.41) is 34.1. The number of rotatable bonds is 14. The van der Waals surface area contributed by atoms with Gasteiger partial charge in [-0.25, -0.2) is 4.79 Å². The molecule has 0 bridgehead atoms. The summed E-state index contributed by atoms with van der Waals surface area (Å²) in [6.07, 6.45) is -3.00. The van der Waals surface area contributed by atoms with Crippen LogP contribution >= 0.6 is 0 Å². The van der Waals surface area contributed by atoms with Crippen molar-refractivity contribution in [3.8, 4) is 0 Å². The maximum Gasteiger partial charge on any atom is 0.326 e. The smallest absolute Gasteiger partial charge is 0.326 e. The number of amides is 4. The monoisotopic (exact) mass is 433 g/mol. The number of aliphatic carboxylic acids is 2. The van der Waals surface area contributed by atoms with Crippen molar-refractivity contribution in [2.45, 2.75) is 56.8 Å². The van der Waals surface area contributed by atoms with Crippen molar-refractivity contribution in [2.24, 2.45) is 11.5 Å². The number of aliphatic hydroxyl groups is 1. The normalized spacial score (nSPS) is 14.5. The highest BCUT2D eigenvalue weighted by atomic mass is 16.4. The summed E-state index contributed by atoms with van der Waals surface area (Å²) in [6, 6.07) is -4.51. The summed E-state index contributed by atoms with van der Waals surface area (Å²) >= 11 is 0. The van der Waals surface area contributed by atoms with Crippen LogP contribution in [0.15, 0.2) is 0 Å². The maximum absolute atomic E-state index is 12.5. The topological polar surface area (TPSA) is 251 Å². The van der Waals surface area contributed by atoms with E-state index in [2.05, 4.69) is 16.0 Å². The molecule has 0 fully saturated rings. The Labute approximate surface area is 171 Å². The first-order valence-corrected chi connectivity index (χ1v) is 8.90. The first kappa shape index (κ1) is 26.7. The number of carboxylic acids is 2. The van der Waals surface area contributed by atoms with Crippen LogP contribution in [0.2, 0.25) is 0 Å². The Morgan fingerprint density at radius 3 is 1.83 bits per heavy atom. The predicted molar refractivity (Wildman–Crippen MR) is 99.5 cm³/mol. The summed E-state index contributed by atoms with van der Waals surface area (Å²) in [4.78, 5) is 69.2. The third-order valence-electron chi connectivity index (χ3n) is 3.84. The van der Waals surface area contributed by atoms with Crippen molar-refractivity contribution in [3.63, 3.8) is 0 Å². The summed E-state index contributed by atoms with van der Waals surface area (Å²) in [7, 11) is 0. The molecular weight excluding hydrogens is 406 g/mol. The van der Waals surface area contributed by atoms with E-state index in [0.29, 0.717) is 0 Å². The van der Waals surface area contributed by atoms with E-state index < -0.39 is 79.2 Å². The number of aliphatic hydroxyl groups excluding tert-OH is 1. The van der Waals surface area contributed by atoms with Gasteiger partial charge in [0.05, 0.1) is 12.6 Å². The molecule has 0 heterocycles. The summed E-state index contributed by atoms with van der Waals surface area (Å²) in [5.74, 6) is -6.35. The Morgan fingerprint density at radius 1 is 0.867 bits per heavy atom. The minimum Gasteiger partial charge on any atom is -0.481 e. The third kappa shape index (κ3) is 10.3. The van der Waals surface area contributed by atoms with Crippen LogP contribution in [0, 0.1) is 0 Å². The van der Waals surface area contributed by atoms with Gasteiger partial charge in [0, 0.05) is 12.8 Å². The average Bonchev–Trinajstić information content (AvgIpc) is 2.64. The minimum absolute atomic E-state index is 0.321. The highest BCUT2D eigenvalue weighted by molar-refractivity contribution is 5.94. The van der Waals surface area contributed by atoms with Gasteiger partial charge in [0.2, 0.25) is 23.6 Å². The molecule has 4 unspecified atom stereocenters. The van der Waals surface area contributed by atoms with Crippen molar-refractivity contribution in [1.82, 2.24) is 16.0 Å². The summed E-state index contributed by atoms with van der Waals surface area (Å²) in [6.45, 7) is 0.719. The van der Waals surface area contributed by atoms with Gasteiger partial charge in [0.15, 0.2) is 0 Å². The van der Waals surface area contributed by atoms with Crippen molar-refractivity contribution >= 4 is 35.6 Å². The van der Waals surface area contributed by atoms with Crippen molar-refractivity contribution in [2.75, 3.05) is 6.54 Å². The van der Waals surface area contributed by atoms with Gasteiger partial charge in [0.1, 0.15) is 18.1 Å². The molecule has 14 heteroatoms. The minimum atomic E-state index is -1.52. The zero-order valence-electron chi connectivity index (χ0n) is 16.3. The van der Waals surface area contributed by atoms with E-state index in [1.165, 1.54) is 6.92 Å².